The van der Waals surface area contributed by atoms with E-state index in [2.05, 4.69) is 37.6 Å². The number of nitrogens with one attached hydrogen (secondary N) is 1. The van der Waals surface area contributed by atoms with Crippen molar-refractivity contribution >= 4 is 18.3 Å². The molecule has 1 saturated heterocycles. The quantitative estimate of drug-likeness (QED) is 0.931. The van der Waals surface area contributed by atoms with Gasteiger partial charge >= 0.3 is 0 Å². The number of rotatable bonds is 3. The van der Waals surface area contributed by atoms with Crippen molar-refractivity contribution in [1.82, 2.24) is 14.8 Å². The number of aryl methyl sites for hydroxylation is 1. The number of likely N-dealkylation sites (N-methyl/N-ethyl adjacent to an activating group) is 1. The topological polar surface area (TPSA) is 37.3 Å². The highest BCUT2D eigenvalue weighted by molar-refractivity contribution is 5.95. The number of hydrogen-bond donors (Lipinski definition) is 1. The predicted molar refractivity (Wildman–Crippen MR) is 89.5 cm³/mol. The molecule has 4 nitrogen and oxygen atoms in total. The summed E-state index contributed by atoms with van der Waals surface area (Å²) in [6, 6.07) is 2.87. The van der Waals surface area contributed by atoms with Crippen molar-refractivity contribution in [2.45, 2.75) is 52.6 Å². The monoisotopic (exact) mass is 313 g/mol. The van der Waals surface area contributed by atoms with Gasteiger partial charge in [0.15, 0.2) is 0 Å². The average molecular weight is 314 g/mol. The molecule has 1 amide bonds. The van der Waals surface area contributed by atoms with E-state index >= 15 is 0 Å². The van der Waals surface area contributed by atoms with Crippen LogP contribution in [0, 0.1) is 13.8 Å². The Labute approximate surface area is 134 Å². The van der Waals surface area contributed by atoms with Crippen LogP contribution in [0.5, 0.6) is 0 Å². The molecule has 1 N–H and O–H groups in total. The smallest absolute Gasteiger partial charge is 0.255 e. The second kappa shape index (κ2) is 7.32. The molecule has 1 aromatic heterocycles. The second-order valence-corrected chi connectivity index (χ2v) is 6.13. The van der Waals surface area contributed by atoms with Gasteiger partial charge in [0.25, 0.3) is 5.91 Å². The lowest BCUT2D eigenvalue weighted by Gasteiger charge is -2.32. The van der Waals surface area contributed by atoms with Crippen LogP contribution in [0.1, 0.15) is 54.5 Å². The van der Waals surface area contributed by atoms with E-state index in [1.54, 1.807) is 0 Å². The van der Waals surface area contributed by atoms with E-state index in [1.807, 2.05) is 18.0 Å². The van der Waals surface area contributed by atoms with Gasteiger partial charge in [0.05, 0.1) is 5.56 Å². The zero-order chi connectivity index (χ0) is 14.9. The standard InChI is InChI=1S/C16H27N3O.ClH/c1-11(2)19-12(3)9-15(13(19)4)16(20)18-8-6-7-14(10-18)17-5;/h9,11,14,17H,6-8,10H2,1-5H3;1H. The van der Waals surface area contributed by atoms with E-state index in [4.69, 9.17) is 0 Å². The highest BCUT2D eigenvalue weighted by Gasteiger charge is 2.26. The molecule has 1 aliphatic heterocycles. The normalized spacial score (nSPS) is 18.8. The minimum Gasteiger partial charge on any atom is -0.346 e. The Morgan fingerprint density at radius 2 is 2.05 bits per heavy atom. The predicted octanol–water partition coefficient (Wildman–Crippen LogP) is 2.93. The molecule has 1 unspecified atom stereocenters. The summed E-state index contributed by atoms with van der Waals surface area (Å²) in [6.07, 6.45) is 2.24. The van der Waals surface area contributed by atoms with Crippen LogP contribution in [0.2, 0.25) is 0 Å². The molecule has 0 aromatic carbocycles. The number of carbonyl (C=O) groups excluding carboxylic acids is 1. The molecule has 1 fully saturated rings. The highest BCUT2D eigenvalue weighted by Crippen LogP contribution is 2.22. The van der Waals surface area contributed by atoms with Crippen LogP contribution in [0.4, 0.5) is 0 Å². The number of carbonyl (C=O) groups is 1. The van der Waals surface area contributed by atoms with E-state index < -0.39 is 0 Å². The van der Waals surface area contributed by atoms with Gasteiger partial charge in [0.2, 0.25) is 0 Å². The first-order chi connectivity index (χ1) is 9.45. The third-order valence-corrected chi connectivity index (χ3v) is 4.35. The number of piperidine rings is 1. The summed E-state index contributed by atoms with van der Waals surface area (Å²) in [5, 5.41) is 3.29. The van der Waals surface area contributed by atoms with Crippen molar-refractivity contribution < 1.29 is 4.79 Å². The lowest BCUT2D eigenvalue weighted by Crippen LogP contribution is -2.47. The summed E-state index contributed by atoms with van der Waals surface area (Å²) in [5.74, 6) is 0.185. The Balaban J connectivity index is 0.00000220. The fourth-order valence-corrected chi connectivity index (χ4v) is 3.36. The molecule has 0 saturated carbocycles. The molecule has 2 rings (SSSR count). The fourth-order valence-electron chi connectivity index (χ4n) is 3.36. The van der Waals surface area contributed by atoms with Gasteiger partial charge in [-0.25, -0.2) is 0 Å². The zero-order valence-electron chi connectivity index (χ0n) is 13.8. The maximum absolute atomic E-state index is 12.8. The summed E-state index contributed by atoms with van der Waals surface area (Å²) >= 11 is 0. The van der Waals surface area contributed by atoms with Gasteiger partial charge in [0.1, 0.15) is 0 Å². The van der Waals surface area contributed by atoms with Crippen molar-refractivity contribution in [3.05, 3.63) is 23.0 Å². The molecule has 1 aliphatic rings. The minimum atomic E-state index is 0. The zero-order valence-corrected chi connectivity index (χ0v) is 14.6. The maximum Gasteiger partial charge on any atom is 0.255 e. The molecular formula is C16H28ClN3O. The van der Waals surface area contributed by atoms with Crippen molar-refractivity contribution in [3.63, 3.8) is 0 Å². The Kier molecular flexibility index (Phi) is 6.29. The third-order valence-electron chi connectivity index (χ3n) is 4.35. The molecular weight excluding hydrogens is 286 g/mol. The van der Waals surface area contributed by atoms with E-state index in [9.17, 15) is 4.79 Å². The molecule has 21 heavy (non-hydrogen) atoms. The summed E-state index contributed by atoms with van der Waals surface area (Å²) < 4.78 is 2.24. The molecule has 1 atom stereocenters. The number of aromatic nitrogens is 1. The Morgan fingerprint density at radius 3 is 2.57 bits per heavy atom. The number of halogens is 1. The van der Waals surface area contributed by atoms with Gasteiger partial charge in [-0.05, 0) is 53.7 Å². The molecule has 2 heterocycles. The molecule has 5 heteroatoms. The van der Waals surface area contributed by atoms with Crippen LogP contribution in [0.3, 0.4) is 0 Å². The summed E-state index contributed by atoms with van der Waals surface area (Å²) in [6.45, 7) is 10.2. The highest BCUT2D eigenvalue weighted by atomic mass is 35.5. The summed E-state index contributed by atoms with van der Waals surface area (Å²) in [7, 11) is 1.98. The van der Waals surface area contributed by atoms with Gasteiger partial charge in [0, 0.05) is 36.6 Å². The van der Waals surface area contributed by atoms with Crippen LogP contribution in [-0.4, -0.2) is 41.6 Å². The average Bonchev–Trinajstić information content (AvgIpc) is 2.73. The van der Waals surface area contributed by atoms with Gasteiger partial charge in [-0.3, -0.25) is 4.79 Å². The molecule has 0 radical (unpaired) electrons. The van der Waals surface area contributed by atoms with Crippen molar-refractivity contribution in [3.8, 4) is 0 Å². The van der Waals surface area contributed by atoms with E-state index in [1.165, 1.54) is 5.69 Å². The van der Waals surface area contributed by atoms with Crippen LogP contribution < -0.4 is 5.32 Å². The van der Waals surface area contributed by atoms with Gasteiger partial charge in [-0.15, -0.1) is 12.4 Å². The maximum atomic E-state index is 12.8. The Morgan fingerprint density at radius 1 is 1.38 bits per heavy atom. The SMILES string of the molecule is CNC1CCCN(C(=O)c2cc(C)n(C(C)C)c2C)C1.Cl. The molecule has 1 aromatic rings. The minimum absolute atomic E-state index is 0. The summed E-state index contributed by atoms with van der Waals surface area (Å²) in [4.78, 5) is 14.8. The first-order valence-electron chi connectivity index (χ1n) is 7.60. The van der Waals surface area contributed by atoms with Crippen molar-refractivity contribution in [2.24, 2.45) is 0 Å². The first kappa shape index (κ1) is 18.1. The molecule has 0 spiro atoms. The molecule has 0 bridgehead atoms. The molecule has 0 aliphatic carbocycles. The number of likely N-dealkylation sites (tertiary alicyclic amines) is 1. The lowest BCUT2D eigenvalue weighted by molar-refractivity contribution is 0.0697. The summed E-state index contributed by atoms with van der Waals surface area (Å²) in [5.41, 5.74) is 3.13. The third kappa shape index (κ3) is 3.61. The second-order valence-electron chi connectivity index (χ2n) is 6.13. The van der Waals surface area contributed by atoms with Crippen LogP contribution in [0.15, 0.2) is 6.07 Å². The van der Waals surface area contributed by atoms with E-state index in [0.717, 1.165) is 37.2 Å². The van der Waals surface area contributed by atoms with E-state index in [-0.39, 0.29) is 18.3 Å². The number of hydrogen-bond acceptors (Lipinski definition) is 2. The van der Waals surface area contributed by atoms with Gasteiger partial charge in [-0.2, -0.15) is 0 Å². The van der Waals surface area contributed by atoms with Crippen molar-refractivity contribution in [2.75, 3.05) is 20.1 Å². The Bertz CT molecular complexity index is 496. The van der Waals surface area contributed by atoms with E-state index in [0.29, 0.717) is 12.1 Å². The first-order valence-corrected chi connectivity index (χ1v) is 7.60. The van der Waals surface area contributed by atoms with Crippen LogP contribution in [0.25, 0.3) is 0 Å². The molecule has 120 valence electrons. The van der Waals surface area contributed by atoms with Gasteiger partial charge < -0.3 is 14.8 Å². The number of amides is 1. The fraction of sp³-hybridized carbons (Fsp3) is 0.688. The van der Waals surface area contributed by atoms with Crippen molar-refractivity contribution in [1.29, 1.82) is 0 Å². The lowest BCUT2D eigenvalue weighted by atomic mass is 10.0. The van der Waals surface area contributed by atoms with Crippen LogP contribution in [-0.2, 0) is 0 Å². The van der Waals surface area contributed by atoms with Gasteiger partial charge in [-0.1, -0.05) is 0 Å². The number of nitrogens with zero attached hydrogens (tertiary/aromatic N) is 2. The Hall–Kier alpha value is -1.00. The van der Waals surface area contributed by atoms with Crippen LogP contribution >= 0.6 is 12.4 Å². The largest absolute Gasteiger partial charge is 0.346 e.